The van der Waals surface area contributed by atoms with Gasteiger partial charge in [-0.1, -0.05) is 0 Å². The smallest absolute Gasteiger partial charge is 0.167 e. The molecule has 0 atom stereocenters. The van der Waals surface area contributed by atoms with E-state index in [1.54, 1.807) is 29.7 Å². The summed E-state index contributed by atoms with van der Waals surface area (Å²) in [5.74, 6) is -0.119. The van der Waals surface area contributed by atoms with Gasteiger partial charge in [-0.05, 0) is 12.1 Å². The van der Waals surface area contributed by atoms with Crippen molar-refractivity contribution >= 4 is 17.0 Å². The molecule has 0 aliphatic rings. The Hall–Kier alpha value is -1.62. The number of ether oxygens (including phenoxy) is 1. The summed E-state index contributed by atoms with van der Waals surface area (Å²) >= 11 is 1.56. The van der Waals surface area contributed by atoms with E-state index in [1.165, 1.54) is 13.2 Å². The highest BCUT2D eigenvalue weighted by atomic mass is 32.1. The highest BCUT2D eigenvalue weighted by Crippen LogP contribution is 2.21. The maximum atomic E-state index is 13.3. The van der Waals surface area contributed by atoms with Crippen LogP contribution >= 0.6 is 11.3 Å². The lowest BCUT2D eigenvalue weighted by Crippen LogP contribution is -1.99. The minimum atomic E-state index is -0.369. The third-order valence-corrected chi connectivity index (χ3v) is 2.86. The number of thiazole rings is 1. The number of methoxy groups -OCH3 is 1. The molecule has 1 heterocycles. The van der Waals surface area contributed by atoms with E-state index in [1.807, 2.05) is 5.38 Å². The number of hydrogen-bond acceptors (Lipinski definition) is 4. The molecule has 1 aromatic heterocycles. The van der Waals surface area contributed by atoms with Gasteiger partial charge in [0.25, 0.3) is 0 Å². The van der Waals surface area contributed by atoms with Crippen molar-refractivity contribution in [1.82, 2.24) is 4.98 Å². The second-order valence-electron chi connectivity index (χ2n) is 3.13. The number of halogens is 1. The fourth-order valence-corrected chi connectivity index (χ4v) is 1.85. The molecule has 2 aromatic rings. The van der Waals surface area contributed by atoms with Gasteiger partial charge in [-0.15, -0.1) is 11.3 Å². The summed E-state index contributed by atoms with van der Waals surface area (Å²) in [6.45, 7) is 0.601. The molecule has 0 aliphatic heterocycles. The topological polar surface area (TPSA) is 34.1 Å². The van der Waals surface area contributed by atoms with Crippen LogP contribution in [0.5, 0.6) is 5.75 Å². The van der Waals surface area contributed by atoms with E-state index in [2.05, 4.69) is 10.3 Å². The Morgan fingerprint density at radius 3 is 3.00 bits per heavy atom. The van der Waals surface area contributed by atoms with Crippen molar-refractivity contribution < 1.29 is 9.13 Å². The van der Waals surface area contributed by atoms with Crippen LogP contribution < -0.4 is 10.1 Å². The molecule has 84 valence electrons. The lowest BCUT2D eigenvalue weighted by Gasteiger charge is -2.06. The number of benzene rings is 1. The molecule has 0 unspecified atom stereocenters. The third-order valence-electron chi connectivity index (χ3n) is 2.08. The number of nitrogens with one attached hydrogen (secondary N) is 1. The molecule has 1 N–H and O–H groups in total. The van der Waals surface area contributed by atoms with Crippen molar-refractivity contribution in [1.29, 1.82) is 0 Å². The van der Waals surface area contributed by atoms with Crippen LogP contribution in [0.2, 0.25) is 0 Å². The van der Waals surface area contributed by atoms with Gasteiger partial charge in [0.2, 0.25) is 0 Å². The number of nitrogens with zero attached hydrogens (tertiary/aromatic N) is 1. The Labute approximate surface area is 96.9 Å². The molecular weight excluding hydrogens is 227 g/mol. The number of hydrogen-bond donors (Lipinski definition) is 1. The minimum Gasteiger partial charge on any atom is -0.494 e. The molecule has 0 bridgehead atoms. The van der Waals surface area contributed by atoms with Gasteiger partial charge in [0.15, 0.2) is 11.6 Å². The maximum Gasteiger partial charge on any atom is 0.167 e. The van der Waals surface area contributed by atoms with E-state index in [-0.39, 0.29) is 11.6 Å². The second-order valence-corrected chi connectivity index (χ2v) is 4.11. The fourth-order valence-electron chi connectivity index (χ4n) is 1.29. The maximum absolute atomic E-state index is 13.3. The fraction of sp³-hybridized carbons (Fsp3) is 0.182. The van der Waals surface area contributed by atoms with Crippen LogP contribution in [0.3, 0.4) is 0 Å². The summed E-state index contributed by atoms with van der Waals surface area (Å²) in [6, 6.07) is 4.78. The van der Waals surface area contributed by atoms with Crippen molar-refractivity contribution in [3.63, 3.8) is 0 Å². The van der Waals surface area contributed by atoms with Crippen molar-refractivity contribution in [2.75, 3.05) is 12.4 Å². The van der Waals surface area contributed by atoms with E-state index < -0.39 is 0 Å². The lowest BCUT2D eigenvalue weighted by molar-refractivity contribution is 0.386. The quantitative estimate of drug-likeness (QED) is 0.889. The molecule has 0 saturated carbocycles. The van der Waals surface area contributed by atoms with Gasteiger partial charge in [-0.3, -0.25) is 0 Å². The monoisotopic (exact) mass is 238 g/mol. The molecule has 0 amide bonds. The predicted octanol–water partition coefficient (Wildman–Crippen LogP) is 2.90. The highest BCUT2D eigenvalue weighted by Gasteiger charge is 2.03. The summed E-state index contributed by atoms with van der Waals surface area (Å²) in [5.41, 5.74) is 0.716. The Kier molecular flexibility index (Phi) is 3.36. The Balaban J connectivity index is 2.02. The number of aromatic nitrogens is 1. The molecule has 1 aromatic carbocycles. The molecule has 0 saturated heterocycles. The average molecular weight is 238 g/mol. The first-order chi connectivity index (χ1) is 7.79. The summed E-state index contributed by atoms with van der Waals surface area (Å²) < 4.78 is 18.2. The highest BCUT2D eigenvalue weighted by molar-refractivity contribution is 7.09. The largest absolute Gasteiger partial charge is 0.494 e. The average Bonchev–Trinajstić information content (AvgIpc) is 2.79. The van der Waals surface area contributed by atoms with Gasteiger partial charge >= 0.3 is 0 Å². The molecule has 3 nitrogen and oxygen atoms in total. The number of rotatable bonds is 4. The zero-order chi connectivity index (χ0) is 11.4. The van der Waals surface area contributed by atoms with Crippen LogP contribution in [0, 0.1) is 5.82 Å². The van der Waals surface area contributed by atoms with Crippen LogP contribution in [0.1, 0.15) is 5.01 Å². The summed E-state index contributed by atoms with van der Waals surface area (Å²) in [7, 11) is 1.45. The first-order valence-electron chi connectivity index (χ1n) is 4.75. The van der Waals surface area contributed by atoms with Gasteiger partial charge in [0.05, 0.1) is 13.7 Å². The molecule has 0 fully saturated rings. The molecule has 0 aliphatic carbocycles. The lowest BCUT2D eigenvalue weighted by atomic mass is 10.3. The van der Waals surface area contributed by atoms with E-state index in [0.29, 0.717) is 12.2 Å². The van der Waals surface area contributed by atoms with Crippen molar-refractivity contribution in [3.8, 4) is 5.75 Å². The molecule has 0 radical (unpaired) electrons. The van der Waals surface area contributed by atoms with Crippen LogP contribution in [-0.2, 0) is 6.54 Å². The van der Waals surface area contributed by atoms with Crippen molar-refractivity contribution in [2.24, 2.45) is 0 Å². The summed E-state index contributed by atoms with van der Waals surface area (Å²) in [6.07, 6.45) is 1.75. The predicted molar refractivity (Wildman–Crippen MR) is 62.4 cm³/mol. The zero-order valence-corrected chi connectivity index (χ0v) is 9.55. The van der Waals surface area contributed by atoms with E-state index >= 15 is 0 Å². The SMILES string of the molecule is COc1ccc(NCc2nccs2)cc1F. The first kappa shape index (κ1) is 10.9. The standard InChI is InChI=1S/C11H11FN2OS/c1-15-10-3-2-8(6-9(10)12)14-7-11-13-4-5-16-11/h2-6,14H,7H2,1H3. The summed E-state index contributed by atoms with van der Waals surface area (Å²) in [5, 5.41) is 5.97. The first-order valence-corrected chi connectivity index (χ1v) is 5.63. The Morgan fingerprint density at radius 1 is 1.50 bits per heavy atom. The molecule has 2 rings (SSSR count). The molecular formula is C11H11FN2OS. The van der Waals surface area contributed by atoms with Crippen LogP contribution in [0.15, 0.2) is 29.8 Å². The van der Waals surface area contributed by atoms with Crippen LogP contribution in [0.25, 0.3) is 0 Å². The van der Waals surface area contributed by atoms with Crippen LogP contribution in [-0.4, -0.2) is 12.1 Å². The molecule has 5 heteroatoms. The van der Waals surface area contributed by atoms with E-state index in [0.717, 1.165) is 5.01 Å². The third kappa shape index (κ3) is 2.49. The van der Waals surface area contributed by atoms with Gasteiger partial charge in [-0.25, -0.2) is 9.37 Å². The Morgan fingerprint density at radius 2 is 2.38 bits per heavy atom. The van der Waals surface area contributed by atoms with Gasteiger partial charge in [-0.2, -0.15) is 0 Å². The van der Waals surface area contributed by atoms with Crippen molar-refractivity contribution in [3.05, 3.63) is 40.6 Å². The van der Waals surface area contributed by atoms with Crippen molar-refractivity contribution in [2.45, 2.75) is 6.54 Å². The van der Waals surface area contributed by atoms with Crippen LogP contribution in [0.4, 0.5) is 10.1 Å². The minimum absolute atomic E-state index is 0.250. The van der Waals surface area contributed by atoms with Gasteiger partial charge < -0.3 is 10.1 Å². The number of anilines is 1. The second kappa shape index (κ2) is 4.94. The van der Waals surface area contributed by atoms with Gasteiger partial charge in [0, 0.05) is 23.3 Å². The molecule has 0 spiro atoms. The molecule has 16 heavy (non-hydrogen) atoms. The van der Waals surface area contributed by atoms with E-state index in [4.69, 9.17) is 4.74 Å². The Bertz CT molecular complexity index is 459. The zero-order valence-electron chi connectivity index (χ0n) is 8.74. The normalized spacial score (nSPS) is 10.1. The van der Waals surface area contributed by atoms with Gasteiger partial charge in [0.1, 0.15) is 5.01 Å². The van der Waals surface area contributed by atoms with E-state index in [9.17, 15) is 4.39 Å². The summed E-state index contributed by atoms with van der Waals surface area (Å²) in [4.78, 5) is 4.13.